The van der Waals surface area contributed by atoms with Crippen molar-refractivity contribution in [1.82, 2.24) is 5.32 Å². The Hall–Kier alpha value is -1.15. The number of ether oxygens (including phenoxy) is 1. The maximum absolute atomic E-state index is 12.2. The number of methoxy groups -OCH3 is 1. The third-order valence-corrected chi connectivity index (χ3v) is 4.68. The van der Waals surface area contributed by atoms with E-state index in [1.807, 2.05) is 18.2 Å². The number of halogens is 1. The first-order chi connectivity index (χ1) is 10.0. The number of carbonyl (C=O) groups is 1. The Morgan fingerprint density at radius 1 is 1.57 bits per heavy atom. The molecule has 2 rings (SSSR count). The van der Waals surface area contributed by atoms with Crippen LogP contribution in [0.25, 0.3) is 10.1 Å². The topological polar surface area (TPSA) is 84.6 Å². The molecule has 0 saturated heterocycles. The molecule has 114 valence electrons. The van der Waals surface area contributed by atoms with E-state index in [2.05, 4.69) is 21.2 Å². The largest absolute Gasteiger partial charge is 0.397 e. The Morgan fingerprint density at radius 2 is 2.33 bits per heavy atom. The van der Waals surface area contributed by atoms with Crippen LogP contribution in [-0.2, 0) is 4.74 Å². The second-order valence-corrected chi connectivity index (χ2v) is 6.61. The number of fused-ring (bicyclic) bond motifs is 1. The summed E-state index contributed by atoms with van der Waals surface area (Å²) < 4.78 is 6.75. The summed E-state index contributed by atoms with van der Waals surface area (Å²) in [6, 6.07) is 5.73. The summed E-state index contributed by atoms with van der Waals surface area (Å²) in [5, 5.41) is 13.2. The van der Waals surface area contributed by atoms with Crippen molar-refractivity contribution in [2.75, 3.05) is 26.0 Å². The highest BCUT2D eigenvalue weighted by molar-refractivity contribution is 9.10. The maximum Gasteiger partial charge on any atom is 0.263 e. The molecule has 7 heteroatoms. The van der Waals surface area contributed by atoms with E-state index in [9.17, 15) is 9.90 Å². The number of thiophene rings is 1. The minimum Gasteiger partial charge on any atom is -0.397 e. The van der Waals surface area contributed by atoms with Gasteiger partial charge in [-0.2, -0.15) is 0 Å². The summed E-state index contributed by atoms with van der Waals surface area (Å²) >= 11 is 4.76. The first kappa shape index (κ1) is 16.2. The molecule has 4 N–H and O–H groups in total. The lowest BCUT2D eigenvalue weighted by Gasteiger charge is -2.09. The van der Waals surface area contributed by atoms with E-state index in [4.69, 9.17) is 10.5 Å². The van der Waals surface area contributed by atoms with Crippen LogP contribution in [0.15, 0.2) is 22.7 Å². The molecule has 0 aliphatic rings. The summed E-state index contributed by atoms with van der Waals surface area (Å²) in [5.41, 5.74) is 6.53. The number of nitrogens with one attached hydrogen (secondary N) is 1. The molecule has 21 heavy (non-hydrogen) atoms. The normalized spacial score (nSPS) is 12.5. The fourth-order valence-electron chi connectivity index (χ4n) is 1.97. The molecule has 1 amide bonds. The van der Waals surface area contributed by atoms with Crippen LogP contribution in [0.4, 0.5) is 5.69 Å². The Morgan fingerprint density at radius 3 is 3.05 bits per heavy atom. The van der Waals surface area contributed by atoms with Crippen LogP contribution in [0.1, 0.15) is 16.1 Å². The number of hydrogen-bond donors (Lipinski definition) is 3. The van der Waals surface area contributed by atoms with Crippen LogP contribution in [0, 0.1) is 0 Å². The Kier molecular flexibility index (Phi) is 5.58. The third-order valence-electron chi connectivity index (χ3n) is 3.02. The van der Waals surface area contributed by atoms with Crippen molar-refractivity contribution < 1.29 is 14.6 Å². The lowest BCUT2D eigenvalue weighted by Crippen LogP contribution is -2.28. The van der Waals surface area contributed by atoms with Crippen LogP contribution < -0.4 is 11.1 Å². The average molecular weight is 373 g/mol. The van der Waals surface area contributed by atoms with Crippen LogP contribution in [0.5, 0.6) is 0 Å². The minimum atomic E-state index is -0.578. The van der Waals surface area contributed by atoms with Gasteiger partial charge in [-0.25, -0.2) is 0 Å². The van der Waals surface area contributed by atoms with Crippen LogP contribution >= 0.6 is 27.3 Å². The van der Waals surface area contributed by atoms with Crippen molar-refractivity contribution in [2.24, 2.45) is 0 Å². The summed E-state index contributed by atoms with van der Waals surface area (Å²) in [6.45, 7) is 0.635. The van der Waals surface area contributed by atoms with E-state index >= 15 is 0 Å². The highest BCUT2D eigenvalue weighted by Gasteiger charge is 2.16. The number of nitrogen functional groups attached to an aromatic ring is 1. The number of anilines is 1. The lowest BCUT2D eigenvalue weighted by atomic mass is 10.2. The van der Waals surface area contributed by atoms with Crippen molar-refractivity contribution in [2.45, 2.75) is 12.5 Å². The van der Waals surface area contributed by atoms with Gasteiger partial charge in [-0.05, 0) is 18.6 Å². The number of hydrogen-bond acceptors (Lipinski definition) is 5. The molecule has 0 aliphatic heterocycles. The van der Waals surface area contributed by atoms with E-state index in [1.54, 1.807) is 0 Å². The van der Waals surface area contributed by atoms with E-state index in [-0.39, 0.29) is 12.5 Å². The van der Waals surface area contributed by atoms with Gasteiger partial charge in [0.1, 0.15) is 4.88 Å². The first-order valence-electron chi connectivity index (χ1n) is 6.45. The number of rotatable bonds is 6. The minimum absolute atomic E-state index is 0.213. The molecule has 1 atom stereocenters. The molecule has 0 aliphatic carbocycles. The standard InChI is InChI=1S/C14H17BrN2O3S/c1-20-7-9(18)4-5-17-14(19)13-12(16)10-3-2-8(15)6-11(10)21-13/h2-3,6,9,18H,4-5,7,16H2,1H3,(H,17,19). The Bertz CT molecular complexity index is 644. The van der Waals surface area contributed by atoms with Gasteiger partial charge in [-0.15, -0.1) is 11.3 Å². The number of carbonyl (C=O) groups excluding carboxylic acids is 1. The molecule has 1 aromatic heterocycles. The van der Waals surface area contributed by atoms with Gasteiger partial charge in [0.15, 0.2) is 0 Å². The highest BCUT2D eigenvalue weighted by atomic mass is 79.9. The number of amides is 1. The van der Waals surface area contributed by atoms with Crippen LogP contribution in [0.2, 0.25) is 0 Å². The Balaban J connectivity index is 2.04. The molecule has 0 saturated carbocycles. The molecule has 1 unspecified atom stereocenters. The number of benzene rings is 1. The first-order valence-corrected chi connectivity index (χ1v) is 8.06. The average Bonchev–Trinajstić information content (AvgIpc) is 2.75. The number of aliphatic hydroxyl groups excluding tert-OH is 1. The second kappa shape index (κ2) is 7.22. The van der Waals surface area contributed by atoms with E-state index in [1.165, 1.54) is 18.4 Å². The Labute approximate surface area is 135 Å². The molecular weight excluding hydrogens is 356 g/mol. The van der Waals surface area contributed by atoms with Crippen molar-refractivity contribution in [3.8, 4) is 0 Å². The van der Waals surface area contributed by atoms with Crippen molar-refractivity contribution in [1.29, 1.82) is 0 Å². The SMILES string of the molecule is COCC(O)CCNC(=O)c1sc2cc(Br)ccc2c1N. The van der Waals surface area contributed by atoms with Gasteiger partial charge in [0.25, 0.3) is 5.91 Å². The van der Waals surface area contributed by atoms with Gasteiger partial charge in [0, 0.05) is 28.2 Å². The number of aliphatic hydroxyl groups is 1. The molecule has 0 fully saturated rings. The number of nitrogens with two attached hydrogens (primary N) is 1. The second-order valence-electron chi connectivity index (χ2n) is 4.64. The molecule has 1 heterocycles. The highest BCUT2D eigenvalue weighted by Crippen LogP contribution is 2.35. The maximum atomic E-state index is 12.2. The predicted molar refractivity (Wildman–Crippen MR) is 88.8 cm³/mol. The molecule has 1 aromatic carbocycles. The summed E-state index contributed by atoms with van der Waals surface area (Å²) in [7, 11) is 1.53. The van der Waals surface area contributed by atoms with Gasteiger partial charge < -0.3 is 20.9 Å². The monoisotopic (exact) mass is 372 g/mol. The fraction of sp³-hybridized carbons (Fsp3) is 0.357. The van der Waals surface area contributed by atoms with E-state index < -0.39 is 6.10 Å². The van der Waals surface area contributed by atoms with Crippen LogP contribution in [0.3, 0.4) is 0 Å². The zero-order valence-electron chi connectivity index (χ0n) is 11.6. The quantitative estimate of drug-likeness (QED) is 0.726. The summed E-state index contributed by atoms with van der Waals surface area (Å²) in [4.78, 5) is 12.7. The molecule has 0 radical (unpaired) electrons. The molecule has 0 bridgehead atoms. The van der Waals surface area contributed by atoms with Crippen molar-refractivity contribution in [3.63, 3.8) is 0 Å². The zero-order valence-corrected chi connectivity index (χ0v) is 14.0. The van der Waals surface area contributed by atoms with Gasteiger partial charge in [-0.1, -0.05) is 22.0 Å². The lowest BCUT2D eigenvalue weighted by molar-refractivity contribution is 0.0588. The molecule has 2 aromatic rings. The third kappa shape index (κ3) is 3.94. The predicted octanol–water partition coefficient (Wildman–Crippen LogP) is 2.37. The summed E-state index contributed by atoms with van der Waals surface area (Å²) in [6.07, 6.45) is -0.137. The molecule has 5 nitrogen and oxygen atoms in total. The van der Waals surface area contributed by atoms with Gasteiger partial charge in [-0.3, -0.25) is 4.79 Å². The molecule has 0 spiro atoms. The smallest absolute Gasteiger partial charge is 0.263 e. The van der Waals surface area contributed by atoms with Crippen LogP contribution in [-0.4, -0.2) is 37.4 Å². The van der Waals surface area contributed by atoms with Gasteiger partial charge in [0.05, 0.1) is 18.4 Å². The van der Waals surface area contributed by atoms with Crippen molar-refractivity contribution in [3.05, 3.63) is 27.5 Å². The zero-order chi connectivity index (χ0) is 15.4. The fourth-order valence-corrected chi connectivity index (χ4v) is 3.56. The summed E-state index contributed by atoms with van der Waals surface area (Å²) in [5.74, 6) is -0.213. The van der Waals surface area contributed by atoms with Gasteiger partial charge in [0.2, 0.25) is 0 Å². The van der Waals surface area contributed by atoms with Crippen molar-refractivity contribution >= 4 is 48.9 Å². The van der Waals surface area contributed by atoms with E-state index in [0.717, 1.165) is 14.6 Å². The van der Waals surface area contributed by atoms with Gasteiger partial charge >= 0.3 is 0 Å². The molecular formula is C14H17BrN2O3S. The van der Waals surface area contributed by atoms with E-state index in [0.29, 0.717) is 23.5 Å².